The van der Waals surface area contributed by atoms with Crippen molar-refractivity contribution in [3.05, 3.63) is 28.4 Å². The number of methoxy groups -OCH3 is 1. The normalized spacial score (nSPS) is 16.4. The molecule has 1 aliphatic rings. The lowest BCUT2D eigenvalue weighted by Gasteiger charge is -2.21. The van der Waals surface area contributed by atoms with Crippen molar-refractivity contribution in [3.8, 4) is 5.75 Å². The second-order valence-electron chi connectivity index (χ2n) is 4.79. The standard InChI is InChI=1S/C13H15N3O3S/c1-19-13-7-11-9(6-12(13)16(17)18)8-15(14-11)10-2-4-20-5-3-10/h6-8,10H,2-5H2,1H3. The Balaban J connectivity index is 2.03. The van der Waals surface area contributed by atoms with E-state index in [0.717, 1.165) is 35.3 Å². The van der Waals surface area contributed by atoms with Crippen LogP contribution in [0.15, 0.2) is 18.3 Å². The highest BCUT2D eigenvalue weighted by Gasteiger charge is 2.20. The van der Waals surface area contributed by atoms with Crippen molar-refractivity contribution in [1.29, 1.82) is 0 Å². The molecular weight excluding hydrogens is 278 g/mol. The molecule has 0 aliphatic carbocycles. The molecule has 106 valence electrons. The van der Waals surface area contributed by atoms with Gasteiger partial charge in [0, 0.05) is 23.7 Å². The first-order valence-corrected chi connectivity index (χ1v) is 7.63. The summed E-state index contributed by atoms with van der Waals surface area (Å²) >= 11 is 1.96. The number of fused-ring (bicyclic) bond motifs is 1. The second-order valence-corrected chi connectivity index (χ2v) is 6.02. The number of hydrogen-bond donors (Lipinski definition) is 0. The van der Waals surface area contributed by atoms with Gasteiger partial charge in [0.15, 0.2) is 5.75 Å². The lowest BCUT2D eigenvalue weighted by Crippen LogP contribution is -2.15. The Morgan fingerprint density at radius 3 is 2.85 bits per heavy atom. The summed E-state index contributed by atoms with van der Waals surface area (Å²) in [5.41, 5.74) is 0.726. The van der Waals surface area contributed by atoms with Gasteiger partial charge in [-0.05, 0) is 24.3 Å². The molecule has 6 nitrogen and oxygen atoms in total. The van der Waals surface area contributed by atoms with Crippen molar-refractivity contribution in [2.45, 2.75) is 18.9 Å². The van der Waals surface area contributed by atoms with Crippen LogP contribution in [0.2, 0.25) is 0 Å². The molecule has 3 rings (SSSR count). The highest BCUT2D eigenvalue weighted by Crippen LogP contribution is 2.33. The molecular formula is C13H15N3O3S. The molecule has 2 heterocycles. The van der Waals surface area contributed by atoms with Gasteiger partial charge in [0.25, 0.3) is 0 Å². The average Bonchev–Trinajstić information content (AvgIpc) is 2.89. The van der Waals surface area contributed by atoms with E-state index in [9.17, 15) is 10.1 Å². The molecule has 0 unspecified atom stereocenters. The van der Waals surface area contributed by atoms with E-state index in [4.69, 9.17) is 4.74 Å². The number of nitrogens with zero attached hydrogens (tertiary/aromatic N) is 3. The Labute approximate surface area is 120 Å². The molecule has 0 saturated carbocycles. The third-order valence-corrected chi connectivity index (χ3v) is 4.63. The Morgan fingerprint density at radius 2 is 2.20 bits per heavy atom. The molecule has 1 aromatic carbocycles. The number of benzene rings is 1. The van der Waals surface area contributed by atoms with Crippen LogP contribution in [0.3, 0.4) is 0 Å². The quantitative estimate of drug-likeness (QED) is 0.642. The number of nitro benzene ring substituents is 1. The smallest absolute Gasteiger partial charge is 0.311 e. The molecule has 0 amide bonds. The van der Waals surface area contributed by atoms with E-state index in [1.807, 2.05) is 22.6 Å². The zero-order chi connectivity index (χ0) is 14.1. The molecule has 0 spiro atoms. The van der Waals surface area contributed by atoms with Gasteiger partial charge < -0.3 is 4.74 Å². The van der Waals surface area contributed by atoms with Crippen LogP contribution in [0.25, 0.3) is 10.9 Å². The van der Waals surface area contributed by atoms with Gasteiger partial charge in [0.1, 0.15) is 0 Å². The predicted octanol–water partition coefficient (Wildman–Crippen LogP) is 3.02. The largest absolute Gasteiger partial charge is 0.490 e. The lowest BCUT2D eigenvalue weighted by atomic mass is 10.1. The van der Waals surface area contributed by atoms with E-state index >= 15 is 0 Å². The fraction of sp³-hybridized carbons (Fsp3) is 0.462. The summed E-state index contributed by atoms with van der Waals surface area (Å²) < 4.78 is 7.03. The number of thioether (sulfide) groups is 1. The van der Waals surface area contributed by atoms with Crippen molar-refractivity contribution in [2.75, 3.05) is 18.6 Å². The van der Waals surface area contributed by atoms with Gasteiger partial charge in [0.2, 0.25) is 0 Å². The molecule has 1 saturated heterocycles. The van der Waals surface area contributed by atoms with E-state index in [-0.39, 0.29) is 11.4 Å². The monoisotopic (exact) mass is 293 g/mol. The molecule has 20 heavy (non-hydrogen) atoms. The number of rotatable bonds is 3. The van der Waals surface area contributed by atoms with Gasteiger partial charge in [-0.15, -0.1) is 0 Å². The van der Waals surface area contributed by atoms with E-state index in [2.05, 4.69) is 5.10 Å². The van der Waals surface area contributed by atoms with Gasteiger partial charge in [-0.2, -0.15) is 16.9 Å². The molecule has 0 atom stereocenters. The summed E-state index contributed by atoms with van der Waals surface area (Å²) in [6, 6.07) is 3.57. The van der Waals surface area contributed by atoms with Gasteiger partial charge in [0.05, 0.1) is 23.6 Å². The Bertz CT molecular complexity index is 650. The van der Waals surface area contributed by atoms with Crippen molar-refractivity contribution in [3.63, 3.8) is 0 Å². The molecule has 0 bridgehead atoms. The number of ether oxygens (including phenoxy) is 1. The zero-order valence-electron chi connectivity index (χ0n) is 11.1. The van der Waals surface area contributed by atoms with Crippen LogP contribution in [0.4, 0.5) is 5.69 Å². The number of hydrogen-bond acceptors (Lipinski definition) is 5. The molecule has 1 fully saturated rings. The average molecular weight is 293 g/mol. The highest BCUT2D eigenvalue weighted by atomic mass is 32.2. The fourth-order valence-electron chi connectivity index (χ4n) is 2.50. The summed E-state index contributed by atoms with van der Waals surface area (Å²) in [4.78, 5) is 10.6. The Kier molecular flexibility index (Phi) is 3.52. The van der Waals surface area contributed by atoms with Crippen LogP contribution >= 0.6 is 11.8 Å². The minimum absolute atomic E-state index is 0.0150. The maximum atomic E-state index is 11.0. The van der Waals surface area contributed by atoms with E-state index in [1.54, 1.807) is 6.07 Å². The molecule has 0 N–H and O–H groups in total. The molecule has 0 radical (unpaired) electrons. The van der Waals surface area contributed by atoms with Crippen molar-refractivity contribution in [2.24, 2.45) is 0 Å². The maximum absolute atomic E-state index is 11.0. The van der Waals surface area contributed by atoms with Gasteiger partial charge in [-0.25, -0.2) is 0 Å². The molecule has 7 heteroatoms. The second kappa shape index (κ2) is 5.32. The van der Waals surface area contributed by atoms with Crippen LogP contribution in [-0.4, -0.2) is 33.3 Å². The Hall–Kier alpha value is -1.76. The van der Waals surface area contributed by atoms with E-state index < -0.39 is 4.92 Å². The van der Waals surface area contributed by atoms with Crippen LogP contribution < -0.4 is 4.74 Å². The first-order valence-electron chi connectivity index (χ1n) is 6.48. The maximum Gasteiger partial charge on any atom is 0.311 e. The van der Waals surface area contributed by atoms with Crippen LogP contribution in [0, 0.1) is 10.1 Å². The lowest BCUT2D eigenvalue weighted by molar-refractivity contribution is -0.385. The third kappa shape index (κ3) is 2.33. The molecule has 1 aromatic heterocycles. The van der Waals surface area contributed by atoms with Gasteiger partial charge in [-0.1, -0.05) is 0 Å². The van der Waals surface area contributed by atoms with E-state index in [0.29, 0.717) is 6.04 Å². The van der Waals surface area contributed by atoms with Crippen molar-refractivity contribution in [1.82, 2.24) is 9.78 Å². The summed E-state index contributed by atoms with van der Waals surface area (Å²) in [5, 5.41) is 16.4. The minimum atomic E-state index is -0.424. The Morgan fingerprint density at radius 1 is 1.45 bits per heavy atom. The molecule has 2 aromatic rings. The predicted molar refractivity (Wildman–Crippen MR) is 78.5 cm³/mol. The van der Waals surface area contributed by atoms with E-state index in [1.165, 1.54) is 13.2 Å². The number of nitro groups is 1. The summed E-state index contributed by atoms with van der Waals surface area (Å²) in [6.07, 6.45) is 4.10. The zero-order valence-corrected chi connectivity index (χ0v) is 11.9. The third-order valence-electron chi connectivity index (χ3n) is 3.58. The minimum Gasteiger partial charge on any atom is -0.490 e. The van der Waals surface area contributed by atoms with Crippen LogP contribution in [-0.2, 0) is 0 Å². The first-order chi connectivity index (χ1) is 9.69. The summed E-state index contributed by atoms with van der Waals surface area (Å²) in [5.74, 6) is 2.54. The SMILES string of the molecule is COc1cc2nn(C3CCSCC3)cc2cc1[N+](=O)[O-]. The topological polar surface area (TPSA) is 70.2 Å². The first kappa shape index (κ1) is 13.2. The van der Waals surface area contributed by atoms with Crippen LogP contribution in [0.5, 0.6) is 5.75 Å². The van der Waals surface area contributed by atoms with Gasteiger partial charge >= 0.3 is 5.69 Å². The fourth-order valence-corrected chi connectivity index (χ4v) is 3.58. The van der Waals surface area contributed by atoms with Crippen molar-refractivity contribution >= 4 is 28.4 Å². The van der Waals surface area contributed by atoms with Gasteiger partial charge in [-0.3, -0.25) is 14.8 Å². The number of aromatic nitrogens is 2. The van der Waals surface area contributed by atoms with Crippen molar-refractivity contribution < 1.29 is 9.66 Å². The van der Waals surface area contributed by atoms with Crippen LogP contribution in [0.1, 0.15) is 18.9 Å². The summed E-state index contributed by atoms with van der Waals surface area (Å²) in [6.45, 7) is 0. The highest BCUT2D eigenvalue weighted by molar-refractivity contribution is 7.99. The summed E-state index contributed by atoms with van der Waals surface area (Å²) in [7, 11) is 1.43. The molecule has 1 aliphatic heterocycles.